The highest BCUT2D eigenvalue weighted by atomic mass is 35.5. The maximum absolute atomic E-state index is 13.9. The molecule has 5 heteroatoms. The predicted molar refractivity (Wildman–Crippen MR) is 89.0 cm³/mol. The van der Waals surface area contributed by atoms with E-state index in [-0.39, 0.29) is 24.3 Å². The second-order valence-corrected chi connectivity index (χ2v) is 5.98. The lowest BCUT2D eigenvalue weighted by Gasteiger charge is -2.35. The molecule has 1 saturated heterocycles. The Morgan fingerprint density at radius 1 is 1.24 bits per heavy atom. The molecule has 1 aliphatic heterocycles. The van der Waals surface area contributed by atoms with Gasteiger partial charge in [-0.2, -0.15) is 11.3 Å². The normalized spacial score (nSPS) is 17.2. The van der Waals surface area contributed by atoms with Gasteiger partial charge in [0.25, 0.3) is 0 Å². The van der Waals surface area contributed by atoms with E-state index in [1.54, 1.807) is 17.4 Å². The van der Waals surface area contributed by atoms with Crippen molar-refractivity contribution in [1.82, 2.24) is 10.2 Å². The minimum atomic E-state index is -0.113. The summed E-state index contributed by atoms with van der Waals surface area (Å²) in [5.74, 6) is -0.113. The largest absolute Gasteiger partial charge is 0.314 e. The van der Waals surface area contributed by atoms with Crippen LogP contribution < -0.4 is 5.32 Å². The summed E-state index contributed by atoms with van der Waals surface area (Å²) in [6.45, 7) is 5.86. The van der Waals surface area contributed by atoms with Gasteiger partial charge in [0.1, 0.15) is 5.82 Å². The van der Waals surface area contributed by atoms with E-state index in [1.807, 2.05) is 13.0 Å². The lowest BCUT2D eigenvalue weighted by Crippen LogP contribution is -2.45. The molecule has 114 valence electrons. The van der Waals surface area contributed by atoms with Crippen LogP contribution in [-0.2, 0) is 0 Å². The van der Waals surface area contributed by atoms with Crippen LogP contribution in [-0.4, -0.2) is 31.1 Å². The third-order valence-electron chi connectivity index (χ3n) is 3.98. The average molecular weight is 327 g/mol. The van der Waals surface area contributed by atoms with Crippen molar-refractivity contribution < 1.29 is 4.39 Å². The molecule has 2 heterocycles. The van der Waals surface area contributed by atoms with Crippen LogP contribution in [0.25, 0.3) is 0 Å². The molecule has 1 fully saturated rings. The van der Waals surface area contributed by atoms with E-state index in [0.29, 0.717) is 0 Å². The van der Waals surface area contributed by atoms with Crippen LogP contribution in [0.15, 0.2) is 35.0 Å². The quantitative estimate of drug-likeness (QED) is 0.927. The molecule has 0 unspecified atom stereocenters. The van der Waals surface area contributed by atoms with E-state index in [0.717, 1.165) is 37.3 Å². The van der Waals surface area contributed by atoms with Crippen LogP contribution >= 0.6 is 23.7 Å². The maximum Gasteiger partial charge on any atom is 0.126 e. The summed E-state index contributed by atoms with van der Waals surface area (Å²) in [6.07, 6.45) is 0. The number of nitrogens with zero attached hydrogens (tertiary/aromatic N) is 1. The maximum atomic E-state index is 13.9. The van der Waals surface area contributed by atoms with Crippen LogP contribution in [0.5, 0.6) is 0 Å². The van der Waals surface area contributed by atoms with E-state index in [2.05, 4.69) is 33.1 Å². The van der Waals surface area contributed by atoms with E-state index in [1.165, 1.54) is 5.56 Å². The standard InChI is InChI=1S/C16H19FN2S.ClH/c1-12-14(3-2-4-15(12)17)16(13-5-10-20-11-13)19-8-6-18-7-9-19;/h2-5,10-11,16,18H,6-9H2,1H3;1H/t16-;/m1./s1. The minimum absolute atomic E-state index is 0. The van der Waals surface area contributed by atoms with Crippen LogP contribution in [0.3, 0.4) is 0 Å². The van der Waals surface area contributed by atoms with E-state index >= 15 is 0 Å². The Hall–Kier alpha value is -0.940. The van der Waals surface area contributed by atoms with Crippen molar-refractivity contribution in [2.24, 2.45) is 0 Å². The molecule has 0 spiro atoms. The molecular formula is C16H20ClFN2S. The zero-order valence-corrected chi connectivity index (χ0v) is 13.6. The number of hydrogen-bond acceptors (Lipinski definition) is 3. The molecule has 21 heavy (non-hydrogen) atoms. The highest BCUT2D eigenvalue weighted by molar-refractivity contribution is 7.08. The third-order valence-corrected chi connectivity index (χ3v) is 4.68. The van der Waals surface area contributed by atoms with Crippen molar-refractivity contribution in [2.75, 3.05) is 26.2 Å². The summed E-state index contributed by atoms with van der Waals surface area (Å²) in [5.41, 5.74) is 3.12. The Balaban J connectivity index is 0.00000161. The summed E-state index contributed by atoms with van der Waals surface area (Å²) in [6, 6.07) is 7.74. The molecule has 3 rings (SSSR count). The number of rotatable bonds is 3. The topological polar surface area (TPSA) is 15.3 Å². The SMILES string of the molecule is Cc1c(F)cccc1[C@@H](c1ccsc1)N1CCNCC1.Cl. The van der Waals surface area contributed by atoms with E-state index < -0.39 is 0 Å². The molecule has 1 aromatic heterocycles. The number of nitrogens with one attached hydrogen (secondary N) is 1. The fourth-order valence-corrected chi connectivity index (χ4v) is 3.56. The Labute approximate surface area is 135 Å². The smallest absolute Gasteiger partial charge is 0.126 e. The fourth-order valence-electron chi connectivity index (χ4n) is 2.88. The zero-order valence-electron chi connectivity index (χ0n) is 12.0. The minimum Gasteiger partial charge on any atom is -0.314 e. The Morgan fingerprint density at radius 2 is 2.00 bits per heavy atom. The van der Waals surface area contributed by atoms with Crippen LogP contribution in [0, 0.1) is 12.7 Å². The molecule has 1 N–H and O–H groups in total. The highest BCUT2D eigenvalue weighted by Crippen LogP contribution is 2.33. The first-order valence-electron chi connectivity index (χ1n) is 6.99. The van der Waals surface area contributed by atoms with Crippen molar-refractivity contribution in [3.63, 3.8) is 0 Å². The fraction of sp³-hybridized carbons (Fsp3) is 0.375. The summed E-state index contributed by atoms with van der Waals surface area (Å²) in [5, 5.41) is 7.65. The lowest BCUT2D eigenvalue weighted by molar-refractivity contribution is 0.198. The molecule has 0 aliphatic carbocycles. The van der Waals surface area contributed by atoms with Gasteiger partial charge in [-0.1, -0.05) is 12.1 Å². The monoisotopic (exact) mass is 326 g/mol. The van der Waals surface area contributed by atoms with E-state index in [9.17, 15) is 4.39 Å². The molecule has 1 atom stereocenters. The van der Waals surface area contributed by atoms with Crippen LogP contribution in [0.4, 0.5) is 4.39 Å². The van der Waals surface area contributed by atoms with Gasteiger partial charge in [-0.3, -0.25) is 4.90 Å². The van der Waals surface area contributed by atoms with Crippen molar-refractivity contribution in [1.29, 1.82) is 0 Å². The summed E-state index contributed by atoms with van der Waals surface area (Å²) >= 11 is 1.70. The van der Waals surface area contributed by atoms with Gasteiger partial charge in [0.05, 0.1) is 6.04 Å². The van der Waals surface area contributed by atoms with Gasteiger partial charge < -0.3 is 5.32 Å². The molecule has 0 radical (unpaired) electrons. The summed E-state index contributed by atoms with van der Waals surface area (Å²) in [4.78, 5) is 2.44. The van der Waals surface area contributed by atoms with Crippen molar-refractivity contribution in [2.45, 2.75) is 13.0 Å². The second-order valence-electron chi connectivity index (χ2n) is 5.20. The average Bonchev–Trinajstić information content (AvgIpc) is 2.99. The van der Waals surface area contributed by atoms with Gasteiger partial charge in [-0.25, -0.2) is 4.39 Å². The van der Waals surface area contributed by atoms with Gasteiger partial charge in [0.15, 0.2) is 0 Å². The van der Waals surface area contributed by atoms with Gasteiger partial charge >= 0.3 is 0 Å². The van der Waals surface area contributed by atoms with Gasteiger partial charge in [-0.05, 0) is 46.5 Å². The van der Waals surface area contributed by atoms with E-state index in [4.69, 9.17) is 0 Å². The van der Waals surface area contributed by atoms with Gasteiger partial charge in [0.2, 0.25) is 0 Å². The van der Waals surface area contributed by atoms with Crippen molar-refractivity contribution >= 4 is 23.7 Å². The first-order chi connectivity index (χ1) is 9.77. The molecule has 0 amide bonds. The highest BCUT2D eigenvalue weighted by Gasteiger charge is 2.26. The number of benzene rings is 1. The zero-order chi connectivity index (χ0) is 13.9. The Bertz CT molecular complexity index is 568. The first-order valence-corrected chi connectivity index (χ1v) is 7.93. The molecule has 0 bridgehead atoms. The van der Waals surface area contributed by atoms with Gasteiger partial charge in [-0.15, -0.1) is 12.4 Å². The molecular weight excluding hydrogens is 307 g/mol. The van der Waals surface area contributed by atoms with Crippen LogP contribution in [0.2, 0.25) is 0 Å². The lowest BCUT2D eigenvalue weighted by atomic mass is 9.94. The predicted octanol–water partition coefficient (Wildman–Crippen LogP) is 3.61. The Kier molecular flexibility index (Phi) is 5.76. The van der Waals surface area contributed by atoms with Crippen molar-refractivity contribution in [3.8, 4) is 0 Å². The number of thiophene rings is 1. The first kappa shape index (κ1) is 16.4. The molecule has 1 aromatic carbocycles. The van der Waals surface area contributed by atoms with Crippen molar-refractivity contribution in [3.05, 3.63) is 57.5 Å². The number of hydrogen-bond donors (Lipinski definition) is 1. The Morgan fingerprint density at radius 3 is 2.67 bits per heavy atom. The number of halogens is 2. The summed E-state index contributed by atoms with van der Waals surface area (Å²) < 4.78 is 13.9. The number of piperazine rings is 1. The molecule has 2 aromatic rings. The third kappa shape index (κ3) is 3.46. The molecule has 1 aliphatic rings. The van der Waals surface area contributed by atoms with Gasteiger partial charge in [0, 0.05) is 26.2 Å². The molecule has 0 saturated carbocycles. The molecule has 2 nitrogen and oxygen atoms in total. The van der Waals surface area contributed by atoms with Crippen LogP contribution in [0.1, 0.15) is 22.7 Å². The summed E-state index contributed by atoms with van der Waals surface area (Å²) in [7, 11) is 0. The second kappa shape index (κ2) is 7.36.